The highest BCUT2D eigenvalue weighted by molar-refractivity contribution is 6.42. The number of nitrogens with zero attached hydrogens (tertiary/aromatic N) is 1. The number of carbonyl (C=O) groups is 2. The van der Waals surface area contributed by atoms with Gasteiger partial charge in [0, 0.05) is 15.7 Å². The Bertz CT molecular complexity index is 1060. The molecule has 0 saturated carbocycles. The standard InChI is InChI=1S/C20H13Cl4NO3/c1-10-18(20(27)28-2)14(7-11-3-4-12(21)8-16(11)23)19(26)25(10)13-5-6-15(22)17(24)9-13/h3-9H,1-2H3/b14-7-. The minimum Gasteiger partial charge on any atom is -0.465 e. The zero-order valence-corrected chi connectivity index (χ0v) is 17.7. The summed E-state index contributed by atoms with van der Waals surface area (Å²) in [5.74, 6) is -1.05. The lowest BCUT2D eigenvalue weighted by molar-refractivity contribution is -0.136. The van der Waals surface area contributed by atoms with E-state index >= 15 is 0 Å². The number of rotatable bonds is 3. The van der Waals surface area contributed by atoms with Crippen molar-refractivity contribution in [1.29, 1.82) is 0 Å². The molecule has 0 bridgehead atoms. The first-order valence-corrected chi connectivity index (χ1v) is 9.51. The summed E-state index contributed by atoms with van der Waals surface area (Å²) in [7, 11) is 1.25. The van der Waals surface area contributed by atoms with Crippen LogP contribution >= 0.6 is 46.4 Å². The van der Waals surface area contributed by atoms with E-state index in [0.717, 1.165) is 0 Å². The molecule has 1 amide bonds. The van der Waals surface area contributed by atoms with Crippen molar-refractivity contribution in [3.63, 3.8) is 0 Å². The molecular formula is C20H13Cl4NO3. The van der Waals surface area contributed by atoms with E-state index in [-0.39, 0.29) is 16.2 Å². The fourth-order valence-corrected chi connectivity index (χ4v) is 3.64. The van der Waals surface area contributed by atoms with Crippen molar-refractivity contribution in [2.45, 2.75) is 6.92 Å². The summed E-state index contributed by atoms with van der Waals surface area (Å²) in [5.41, 5.74) is 1.72. The topological polar surface area (TPSA) is 46.6 Å². The number of allylic oxidation sites excluding steroid dienone is 1. The number of amides is 1. The normalized spacial score (nSPS) is 15.6. The molecule has 4 nitrogen and oxygen atoms in total. The van der Waals surface area contributed by atoms with Crippen LogP contribution in [0, 0.1) is 0 Å². The zero-order chi connectivity index (χ0) is 20.6. The summed E-state index contributed by atoms with van der Waals surface area (Å²) in [6, 6.07) is 9.64. The van der Waals surface area contributed by atoms with E-state index in [1.807, 2.05) is 0 Å². The van der Waals surface area contributed by atoms with Crippen LogP contribution in [-0.2, 0) is 14.3 Å². The molecule has 0 radical (unpaired) electrons. The van der Waals surface area contributed by atoms with E-state index in [1.54, 1.807) is 43.3 Å². The Kier molecular flexibility index (Phi) is 6.06. The fraction of sp³-hybridized carbons (Fsp3) is 0.100. The molecule has 28 heavy (non-hydrogen) atoms. The van der Waals surface area contributed by atoms with Gasteiger partial charge in [-0.15, -0.1) is 0 Å². The molecular weight excluding hydrogens is 444 g/mol. The van der Waals surface area contributed by atoms with E-state index in [4.69, 9.17) is 51.1 Å². The summed E-state index contributed by atoms with van der Waals surface area (Å²) in [5, 5.41) is 1.46. The Morgan fingerprint density at radius 1 is 1.00 bits per heavy atom. The smallest absolute Gasteiger partial charge is 0.340 e. The number of esters is 1. The Hall–Kier alpha value is -1.98. The molecule has 0 fully saturated rings. The van der Waals surface area contributed by atoms with Gasteiger partial charge < -0.3 is 4.74 Å². The Labute approximate surface area is 181 Å². The zero-order valence-electron chi connectivity index (χ0n) is 14.7. The highest BCUT2D eigenvalue weighted by Crippen LogP contribution is 2.38. The van der Waals surface area contributed by atoms with Crippen LogP contribution in [0.1, 0.15) is 12.5 Å². The molecule has 1 heterocycles. The van der Waals surface area contributed by atoms with Crippen LogP contribution in [0.25, 0.3) is 6.08 Å². The first-order chi connectivity index (χ1) is 13.2. The van der Waals surface area contributed by atoms with E-state index in [9.17, 15) is 9.59 Å². The van der Waals surface area contributed by atoms with Crippen LogP contribution in [0.2, 0.25) is 20.1 Å². The molecule has 0 unspecified atom stereocenters. The second-order valence-electron chi connectivity index (χ2n) is 5.91. The quantitative estimate of drug-likeness (QED) is 0.409. The fourth-order valence-electron chi connectivity index (χ4n) is 2.89. The maximum Gasteiger partial charge on any atom is 0.340 e. The van der Waals surface area contributed by atoms with Gasteiger partial charge in [0.1, 0.15) is 0 Å². The molecule has 0 spiro atoms. The minimum absolute atomic E-state index is 0.143. The van der Waals surface area contributed by atoms with Crippen molar-refractivity contribution < 1.29 is 14.3 Å². The van der Waals surface area contributed by atoms with Crippen molar-refractivity contribution in [2.24, 2.45) is 0 Å². The van der Waals surface area contributed by atoms with Gasteiger partial charge >= 0.3 is 5.97 Å². The lowest BCUT2D eigenvalue weighted by atomic mass is 10.0. The third kappa shape index (κ3) is 3.78. The van der Waals surface area contributed by atoms with Crippen LogP contribution in [-0.4, -0.2) is 19.0 Å². The van der Waals surface area contributed by atoms with Gasteiger partial charge in [0.05, 0.1) is 34.0 Å². The van der Waals surface area contributed by atoms with Crippen LogP contribution in [0.3, 0.4) is 0 Å². The van der Waals surface area contributed by atoms with E-state index in [0.29, 0.717) is 32.0 Å². The van der Waals surface area contributed by atoms with Crippen molar-refractivity contribution in [1.82, 2.24) is 0 Å². The van der Waals surface area contributed by atoms with Gasteiger partial charge in [-0.2, -0.15) is 0 Å². The molecule has 8 heteroatoms. The molecule has 2 aromatic rings. The number of methoxy groups -OCH3 is 1. The number of benzene rings is 2. The van der Waals surface area contributed by atoms with Crippen molar-refractivity contribution >= 4 is 70.0 Å². The maximum absolute atomic E-state index is 13.2. The van der Waals surface area contributed by atoms with E-state index in [1.165, 1.54) is 18.1 Å². The lowest BCUT2D eigenvalue weighted by Gasteiger charge is -2.18. The summed E-state index contributed by atoms with van der Waals surface area (Å²) < 4.78 is 4.88. The van der Waals surface area contributed by atoms with Gasteiger partial charge in [0.25, 0.3) is 5.91 Å². The maximum atomic E-state index is 13.2. The Morgan fingerprint density at radius 2 is 1.71 bits per heavy atom. The van der Waals surface area contributed by atoms with Gasteiger partial charge in [-0.05, 0) is 48.9 Å². The van der Waals surface area contributed by atoms with Gasteiger partial charge in [-0.25, -0.2) is 4.79 Å². The van der Waals surface area contributed by atoms with Gasteiger partial charge in [0.15, 0.2) is 0 Å². The predicted octanol–water partition coefficient (Wildman–Crippen LogP) is 6.18. The van der Waals surface area contributed by atoms with Crippen molar-refractivity contribution in [3.8, 4) is 0 Å². The van der Waals surface area contributed by atoms with Crippen LogP contribution in [0.4, 0.5) is 5.69 Å². The van der Waals surface area contributed by atoms with E-state index in [2.05, 4.69) is 0 Å². The van der Waals surface area contributed by atoms with Crippen LogP contribution in [0.5, 0.6) is 0 Å². The first kappa shape index (κ1) is 20.7. The average Bonchev–Trinajstić information content (AvgIpc) is 2.89. The lowest BCUT2D eigenvalue weighted by Crippen LogP contribution is -2.24. The Balaban J connectivity index is 2.17. The van der Waals surface area contributed by atoms with Crippen molar-refractivity contribution in [2.75, 3.05) is 12.0 Å². The number of ether oxygens (including phenoxy) is 1. The number of halogens is 4. The van der Waals surface area contributed by atoms with Gasteiger partial charge in [-0.3, -0.25) is 9.69 Å². The second-order valence-corrected chi connectivity index (χ2v) is 7.57. The highest BCUT2D eigenvalue weighted by atomic mass is 35.5. The number of hydrogen-bond acceptors (Lipinski definition) is 3. The molecule has 3 rings (SSSR count). The second kappa shape index (κ2) is 8.18. The summed E-state index contributed by atoms with van der Waals surface area (Å²) in [4.78, 5) is 27.0. The summed E-state index contributed by atoms with van der Waals surface area (Å²) in [6.07, 6.45) is 1.54. The molecule has 0 saturated heterocycles. The molecule has 2 aromatic carbocycles. The molecule has 0 atom stereocenters. The molecule has 0 N–H and O–H groups in total. The Morgan fingerprint density at radius 3 is 2.32 bits per heavy atom. The largest absolute Gasteiger partial charge is 0.465 e. The molecule has 0 aliphatic carbocycles. The molecule has 144 valence electrons. The first-order valence-electron chi connectivity index (χ1n) is 8.00. The van der Waals surface area contributed by atoms with Crippen molar-refractivity contribution in [3.05, 3.63) is 78.9 Å². The summed E-state index contributed by atoms with van der Waals surface area (Å²) >= 11 is 24.2. The SMILES string of the molecule is COC(=O)C1=C(C)N(c2ccc(Cl)c(Cl)c2)C(=O)/C1=C\c1ccc(Cl)cc1Cl. The van der Waals surface area contributed by atoms with Crippen LogP contribution < -0.4 is 4.90 Å². The number of hydrogen-bond donors (Lipinski definition) is 0. The monoisotopic (exact) mass is 455 g/mol. The molecule has 0 aromatic heterocycles. The summed E-state index contributed by atoms with van der Waals surface area (Å²) in [6.45, 7) is 1.65. The molecule has 1 aliphatic heterocycles. The van der Waals surface area contributed by atoms with Gasteiger partial charge in [0.2, 0.25) is 0 Å². The van der Waals surface area contributed by atoms with Crippen LogP contribution in [0.15, 0.2) is 53.2 Å². The minimum atomic E-state index is -0.634. The predicted molar refractivity (Wildman–Crippen MR) is 113 cm³/mol. The number of anilines is 1. The third-order valence-corrected chi connectivity index (χ3v) is 5.51. The number of carbonyl (C=O) groups excluding carboxylic acids is 2. The van der Waals surface area contributed by atoms with E-state index < -0.39 is 11.9 Å². The van der Waals surface area contributed by atoms with Gasteiger partial charge in [-0.1, -0.05) is 52.5 Å². The highest BCUT2D eigenvalue weighted by Gasteiger charge is 2.38. The molecule has 1 aliphatic rings. The average molecular weight is 457 g/mol. The third-order valence-electron chi connectivity index (χ3n) is 4.21.